The zero-order valence-electron chi connectivity index (χ0n) is 9.06. The first kappa shape index (κ1) is 11.0. The molecule has 2 rings (SSSR count). The number of rotatable bonds is 3. The molecule has 0 aliphatic heterocycles. The van der Waals surface area contributed by atoms with Crippen molar-refractivity contribution in [2.24, 2.45) is 0 Å². The Hall–Kier alpha value is -1.55. The fourth-order valence-electron chi connectivity index (χ4n) is 1.91. The Morgan fingerprint density at radius 3 is 2.69 bits per heavy atom. The second-order valence-corrected chi connectivity index (χ2v) is 4.13. The number of aliphatic hydroxyl groups excluding tert-OH is 1. The molecule has 16 heavy (non-hydrogen) atoms. The molecule has 1 saturated carbocycles. The predicted octanol–water partition coefficient (Wildman–Crippen LogP) is 1.20. The molecule has 1 aliphatic rings. The summed E-state index contributed by atoms with van der Waals surface area (Å²) in [6.07, 6.45) is 1.67. The van der Waals surface area contributed by atoms with E-state index in [1.165, 1.54) is 13.2 Å². The van der Waals surface area contributed by atoms with Gasteiger partial charge in [0.25, 0.3) is 0 Å². The van der Waals surface area contributed by atoms with Crippen molar-refractivity contribution in [3.05, 3.63) is 29.3 Å². The molecule has 0 amide bonds. The summed E-state index contributed by atoms with van der Waals surface area (Å²) in [7, 11) is 1.27. The van der Waals surface area contributed by atoms with Crippen LogP contribution in [0, 0.1) is 0 Å². The van der Waals surface area contributed by atoms with Crippen LogP contribution in [0.5, 0.6) is 5.75 Å². The Morgan fingerprint density at radius 1 is 1.50 bits per heavy atom. The maximum absolute atomic E-state index is 11.4. The van der Waals surface area contributed by atoms with Crippen LogP contribution in [0.1, 0.15) is 28.8 Å². The van der Waals surface area contributed by atoms with E-state index in [-0.39, 0.29) is 23.3 Å². The second-order valence-electron chi connectivity index (χ2n) is 4.13. The number of esters is 1. The molecule has 1 aliphatic carbocycles. The maximum atomic E-state index is 11.4. The first-order valence-corrected chi connectivity index (χ1v) is 5.16. The first-order valence-electron chi connectivity index (χ1n) is 5.16. The van der Waals surface area contributed by atoms with Gasteiger partial charge in [-0.25, -0.2) is 4.79 Å². The van der Waals surface area contributed by atoms with Gasteiger partial charge < -0.3 is 14.9 Å². The third-order valence-electron chi connectivity index (χ3n) is 3.17. The van der Waals surface area contributed by atoms with Crippen LogP contribution in [-0.2, 0) is 10.2 Å². The van der Waals surface area contributed by atoms with Crippen LogP contribution in [0.4, 0.5) is 0 Å². The molecule has 0 atom stereocenters. The molecule has 4 heteroatoms. The summed E-state index contributed by atoms with van der Waals surface area (Å²) in [6, 6.07) is 4.94. The van der Waals surface area contributed by atoms with Crippen LogP contribution in [-0.4, -0.2) is 29.9 Å². The number of carbonyl (C=O) groups excluding carboxylic acids is 1. The van der Waals surface area contributed by atoms with E-state index >= 15 is 0 Å². The first-order chi connectivity index (χ1) is 7.64. The Balaban J connectivity index is 2.45. The van der Waals surface area contributed by atoms with Gasteiger partial charge in [0.2, 0.25) is 0 Å². The van der Waals surface area contributed by atoms with Gasteiger partial charge in [0.05, 0.1) is 13.7 Å². The van der Waals surface area contributed by atoms with Crippen LogP contribution in [0.25, 0.3) is 0 Å². The van der Waals surface area contributed by atoms with Crippen LogP contribution >= 0.6 is 0 Å². The highest BCUT2D eigenvalue weighted by Crippen LogP contribution is 2.51. The highest BCUT2D eigenvalue weighted by atomic mass is 16.5. The van der Waals surface area contributed by atoms with Crippen LogP contribution in [0.15, 0.2) is 18.2 Å². The van der Waals surface area contributed by atoms with Crippen molar-refractivity contribution in [3.8, 4) is 5.75 Å². The largest absolute Gasteiger partial charge is 0.507 e. The Kier molecular flexibility index (Phi) is 2.59. The average molecular weight is 222 g/mol. The van der Waals surface area contributed by atoms with E-state index in [0.717, 1.165) is 12.8 Å². The lowest BCUT2D eigenvalue weighted by atomic mass is 9.94. The summed E-state index contributed by atoms with van der Waals surface area (Å²) in [6.45, 7) is -0.00874. The summed E-state index contributed by atoms with van der Waals surface area (Å²) >= 11 is 0. The molecule has 1 aromatic carbocycles. The molecular weight excluding hydrogens is 208 g/mol. The van der Waals surface area contributed by atoms with Crippen molar-refractivity contribution >= 4 is 5.97 Å². The van der Waals surface area contributed by atoms with E-state index < -0.39 is 5.97 Å². The minimum atomic E-state index is -0.562. The Bertz CT molecular complexity index is 421. The number of phenols is 1. The topological polar surface area (TPSA) is 66.8 Å². The van der Waals surface area contributed by atoms with E-state index in [1.807, 2.05) is 0 Å². The van der Waals surface area contributed by atoms with E-state index in [0.29, 0.717) is 5.56 Å². The number of para-hydroxylation sites is 1. The fraction of sp³-hybridized carbons (Fsp3) is 0.417. The molecule has 0 heterocycles. The van der Waals surface area contributed by atoms with Crippen molar-refractivity contribution in [3.63, 3.8) is 0 Å². The molecule has 4 nitrogen and oxygen atoms in total. The second kappa shape index (κ2) is 3.79. The zero-order chi connectivity index (χ0) is 11.8. The van der Waals surface area contributed by atoms with Gasteiger partial charge in [-0.3, -0.25) is 0 Å². The summed E-state index contributed by atoms with van der Waals surface area (Å²) in [4.78, 5) is 11.4. The molecule has 0 unspecified atom stereocenters. The van der Waals surface area contributed by atoms with Crippen LogP contribution in [0.3, 0.4) is 0 Å². The molecule has 0 radical (unpaired) electrons. The molecule has 0 aromatic heterocycles. The number of aromatic hydroxyl groups is 1. The number of phenolic OH excluding ortho intramolecular Hbond substituents is 1. The van der Waals surface area contributed by atoms with Gasteiger partial charge >= 0.3 is 5.97 Å². The average Bonchev–Trinajstić information content (AvgIpc) is 3.09. The van der Waals surface area contributed by atoms with Gasteiger partial charge in [-0.2, -0.15) is 0 Å². The normalized spacial score (nSPS) is 16.9. The van der Waals surface area contributed by atoms with Crippen molar-refractivity contribution < 1.29 is 19.7 Å². The Labute approximate surface area is 93.5 Å². The maximum Gasteiger partial charge on any atom is 0.341 e. The molecular formula is C12H14O4. The SMILES string of the molecule is COC(=O)c1cccc(C2(CO)CC2)c1O. The monoisotopic (exact) mass is 222 g/mol. The van der Waals surface area contributed by atoms with Gasteiger partial charge in [0, 0.05) is 11.0 Å². The third kappa shape index (κ3) is 1.55. The number of ether oxygens (including phenoxy) is 1. The lowest BCUT2D eigenvalue weighted by Crippen LogP contribution is -2.13. The van der Waals surface area contributed by atoms with Gasteiger partial charge in [-0.15, -0.1) is 0 Å². The van der Waals surface area contributed by atoms with Crippen LogP contribution in [0.2, 0.25) is 0 Å². The van der Waals surface area contributed by atoms with Gasteiger partial charge in [0.15, 0.2) is 0 Å². The highest BCUT2D eigenvalue weighted by Gasteiger charge is 2.46. The van der Waals surface area contributed by atoms with E-state index in [4.69, 9.17) is 0 Å². The molecule has 2 N–H and O–H groups in total. The standard InChI is InChI=1S/C12H14O4/c1-16-11(15)8-3-2-4-9(10(8)14)12(7-13)5-6-12/h2-4,13-14H,5-7H2,1H3. The number of benzene rings is 1. The smallest absolute Gasteiger partial charge is 0.341 e. The lowest BCUT2D eigenvalue weighted by molar-refractivity contribution is 0.0597. The fourth-order valence-corrected chi connectivity index (χ4v) is 1.91. The van der Waals surface area contributed by atoms with Gasteiger partial charge in [0.1, 0.15) is 11.3 Å². The van der Waals surface area contributed by atoms with Crippen molar-refractivity contribution in [2.45, 2.75) is 18.3 Å². The number of methoxy groups -OCH3 is 1. The van der Waals surface area contributed by atoms with Crippen LogP contribution < -0.4 is 0 Å². The quantitative estimate of drug-likeness (QED) is 0.754. The molecule has 0 bridgehead atoms. The minimum Gasteiger partial charge on any atom is -0.507 e. The summed E-state index contributed by atoms with van der Waals surface area (Å²) in [5.41, 5.74) is 0.436. The lowest BCUT2D eigenvalue weighted by Gasteiger charge is -2.15. The number of aliphatic hydroxyl groups is 1. The number of carbonyl (C=O) groups is 1. The van der Waals surface area contributed by atoms with Gasteiger partial charge in [-0.1, -0.05) is 12.1 Å². The molecule has 86 valence electrons. The van der Waals surface area contributed by atoms with Gasteiger partial charge in [-0.05, 0) is 18.9 Å². The summed E-state index contributed by atoms with van der Waals surface area (Å²) in [5.74, 6) is -0.631. The Morgan fingerprint density at radius 2 is 2.19 bits per heavy atom. The van der Waals surface area contributed by atoms with Crippen molar-refractivity contribution in [1.82, 2.24) is 0 Å². The predicted molar refractivity (Wildman–Crippen MR) is 57.4 cm³/mol. The zero-order valence-corrected chi connectivity index (χ0v) is 9.06. The molecule has 0 spiro atoms. The molecule has 1 aromatic rings. The summed E-state index contributed by atoms with van der Waals surface area (Å²) in [5, 5.41) is 19.3. The number of hydrogen-bond acceptors (Lipinski definition) is 4. The highest BCUT2D eigenvalue weighted by molar-refractivity contribution is 5.93. The van der Waals surface area contributed by atoms with Crippen molar-refractivity contribution in [2.75, 3.05) is 13.7 Å². The number of hydrogen-bond donors (Lipinski definition) is 2. The molecule has 1 fully saturated rings. The van der Waals surface area contributed by atoms with E-state index in [1.54, 1.807) is 12.1 Å². The molecule has 0 saturated heterocycles. The minimum absolute atomic E-state index is 0.00874. The third-order valence-corrected chi connectivity index (χ3v) is 3.17. The van der Waals surface area contributed by atoms with E-state index in [2.05, 4.69) is 4.74 Å². The van der Waals surface area contributed by atoms with E-state index in [9.17, 15) is 15.0 Å². The summed E-state index contributed by atoms with van der Waals surface area (Å²) < 4.78 is 4.58. The van der Waals surface area contributed by atoms with Crippen molar-refractivity contribution in [1.29, 1.82) is 0 Å².